The maximum absolute atomic E-state index is 13.8. The molecule has 0 heterocycles. The highest BCUT2D eigenvalue weighted by atomic mass is 79.9. The van der Waals surface area contributed by atoms with Crippen molar-refractivity contribution in [2.24, 2.45) is 0 Å². The monoisotopic (exact) mass is 492 g/mol. The van der Waals surface area contributed by atoms with Gasteiger partial charge in [0, 0.05) is 11.5 Å². The van der Waals surface area contributed by atoms with Crippen LogP contribution >= 0.6 is 15.9 Å². The Kier molecular flexibility index (Phi) is 6.73. The summed E-state index contributed by atoms with van der Waals surface area (Å²) in [5, 5.41) is 2.43. The molecule has 1 amide bonds. The predicted molar refractivity (Wildman–Crippen MR) is 117 cm³/mol. The van der Waals surface area contributed by atoms with Crippen molar-refractivity contribution < 1.29 is 22.3 Å². The SMILES string of the molecule is CN(c1ccc(OCC(=O)Nc2ccc(Br)cc2F)cc1)S(=O)(=O)c1ccccc1. The van der Waals surface area contributed by atoms with E-state index in [-0.39, 0.29) is 17.2 Å². The zero-order chi connectivity index (χ0) is 21.7. The standard InChI is InChI=1S/C21H18BrFN2O4S/c1-25(30(27,28)18-5-3-2-4-6-18)16-8-10-17(11-9-16)29-14-21(26)24-20-12-7-15(22)13-19(20)23/h2-13H,14H2,1H3,(H,24,26). The second kappa shape index (κ2) is 9.27. The van der Waals surface area contributed by atoms with Crippen LogP contribution in [0, 0.1) is 5.82 Å². The molecule has 0 saturated carbocycles. The number of nitrogens with one attached hydrogen (secondary N) is 1. The second-order valence-corrected chi connectivity index (χ2v) is 9.13. The third kappa shape index (κ3) is 5.17. The molecule has 9 heteroatoms. The van der Waals surface area contributed by atoms with Gasteiger partial charge < -0.3 is 10.1 Å². The fraction of sp³-hybridized carbons (Fsp3) is 0.0952. The summed E-state index contributed by atoms with van der Waals surface area (Å²) < 4.78 is 46.2. The Hall–Kier alpha value is -2.91. The summed E-state index contributed by atoms with van der Waals surface area (Å²) in [5.74, 6) is -0.718. The van der Waals surface area contributed by atoms with Gasteiger partial charge in [0.15, 0.2) is 6.61 Å². The molecule has 0 aromatic heterocycles. The van der Waals surface area contributed by atoms with E-state index in [2.05, 4.69) is 21.2 Å². The number of halogens is 2. The van der Waals surface area contributed by atoms with Gasteiger partial charge in [-0.25, -0.2) is 12.8 Å². The van der Waals surface area contributed by atoms with Gasteiger partial charge in [-0.2, -0.15) is 0 Å². The molecule has 0 aliphatic heterocycles. The Morgan fingerprint density at radius 1 is 1.07 bits per heavy atom. The number of hydrogen-bond acceptors (Lipinski definition) is 4. The number of hydrogen-bond donors (Lipinski definition) is 1. The van der Waals surface area contributed by atoms with Crippen molar-refractivity contribution in [1.29, 1.82) is 0 Å². The highest BCUT2D eigenvalue weighted by Crippen LogP contribution is 2.24. The van der Waals surface area contributed by atoms with Crippen LogP contribution in [0.15, 0.2) is 82.2 Å². The van der Waals surface area contributed by atoms with Gasteiger partial charge in [-0.15, -0.1) is 0 Å². The van der Waals surface area contributed by atoms with Crippen molar-refractivity contribution in [3.8, 4) is 5.75 Å². The molecular formula is C21H18BrFN2O4S. The summed E-state index contributed by atoms with van der Waals surface area (Å²) >= 11 is 3.15. The zero-order valence-electron chi connectivity index (χ0n) is 15.9. The van der Waals surface area contributed by atoms with E-state index < -0.39 is 21.7 Å². The molecule has 0 fully saturated rings. The highest BCUT2D eigenvalue weighted by molar-refractivity contribution is 9.10. The van der Waals surface area contributed by atoms with Crippen molar-refractivity contribution in [1.82, 2.24) is 0 Å². The van der Waals surface area contributed by atoms with Gasteiger partial charge in [0.1, 0.15) is 11.6 Å². The molecule has 30 heavy (non-hydrogen) atoms. The van der Waals surface area contributed by atoms with Crippen molar-refractivity contribution >= 4 is 43.2 Å². The zero-order valence-corrected chi connectivity index (χ0v) is 18.3. The predicted octanol–water partition coefficient (Wildman–Crippen LogP) is 4.43. The molecule has 0 unspecified atom stereocenters. The molecule has 3 rings (SSSR count). The van der Waals surface area contributed by atoms with Crippen LogP contribution < -0.4 is 14.4 Å². The van der Waals surface area contributed by atoms with E-state index >= 15 is 0 Å². The highest BCUT2D eigenvalue weighted by Gasteiger charge is 2.20. The van der Waals surface area contributed by atoms with Crippen LogP contribution in [0.5, 0.6) is 5.75 Å². The number of carbonyl (C=O) groups excluding carboxylic acids is 1. The Labute approximate surface area is 182 Å². The first-order valence-electron chi connectivity index (χ1n) is 8.79. The van der Waals surface area contributed by atoms with Crippen LogP contribution in [0.25, 0.3) is 0 Å². The lowest BCUT2D eigenvalue weighted by molar-refractivity contribution is -0.118. The number of rotatable bonds is 7. The first-order valence-corrected chi connectivity index (χ1v) is 11.0. The Balaban J connectivity index is 1.61. The molecule has 0 spiro atoms. The first-order chi connectivity index (χ1) is 14.3. The largest absolute Gasteiger partial charge is 0.484 e. The maximum Gasteiger partial charge on any atom is 0.264 e. The fourth-order valence-corrected chi connectivity index (χ4v) is 4.12. The number of benzene rings is 3. The Morgan fingerprint density at radius 3 is 2.37 bits per heavy atom. The quantitative estimate of drug-likeness (QED) is 0.529. The summed E-state index contributed by atoms with van der Waals surface area (Å²) in [4.78, 5) is 12.2. The van der Waals surface area contributed by atoms with Crippen LogP contribution in [0.4, 0.5) is 15.8 Å². The topological polar surface area (TPSA) is 75.7 Å². The van der Waals surface area contributed by atoms with E-state index in [0.29, 0.717) is 15.9 Å². The number of ether oxygens (including phenoxy) is 1. The summed E-state index contributed by atoms with van der Waals surface area (Å²) in [5.41, 5.74) is 0.488. The lowest BCUT2D eigenvalue weighted by Crippen LogP contribution is -2.26. The summed E-state index contributed by atoms with van der Waals surface area (Å²) in [6.45, 7) is -0.326. The van der Waals surface area contributed by atoms with Crippen molar-refractivity contribution in [3.05, 3.63) is 83.1 Å². The molecule has 156 valence electrons. The van der Waals surface area contributed by atoms with Crippen molar-refractivity contribution in [2.75, 3.05) is 23.3 Å². The fourth-order valence-electron chi connectivity index (χ4n) is 2.57. The van der Waals surface area contributed by atoms with Crippen molar-refractivity contribution in [2.45, 2.75) is 4.90 Å². The van der Waals surface area contributed by atoms with Gasteiger partial charge in [0.2, 0.25) is 0 Å². The Morgan fingerprint density at radius 2 is 1.73 bits per heavy atom. The van der Waals surface area contributed by atoms with Crippen LogP contribution in [0.1, 0.15) is 0 Å². The van der Waals surface area contributed by atoms with E-state index in [0.717, 1.165) is 4.31 Å². The molecule has 1 N–H and O–H groups in total. The summed E-state index contributed by atoms with van der Waals surface area (Å²) in [7, 11) is -2.23. The number of anilines is 2. The van der Waals surface area contributed by atoms with Crippen molar-refractivity contribution in [3.63, 3.8) is 0 Å². The molecular weight excluding hydrogens is 475 g/mol. The molecule has 0 aliphatic carbocycles. The maximum atomic E-state index is 13.8. The van der Waals surface area contributed by atoms with Gasteiger partial charge in [-0.3, -0.25) is 9.10 Å². The normalized spacial score (nSPS) is 11.0. The lowest BCUT2D eigenvalue weighted by Gasteiger charge is -2.19. The van der Waals surface area contributed by atoms with E-state index in [9.17, 15) is 17.6 Å². The van der Waals surface area contributed by atoms with E-state index in [1.165, 1.54) is 31.3 Å². The molecule has 0 radical (unpaired) electrons. The lowest BCUT2D eigenvalue weighted by atomic mass is 10.3. The van der Waals surface area contributed by atoms with E-state index in [1.807, 2.05) is 0 Å². The molecule has 0 bridgehead atoms. The van der Waals surface area contributed by atoms with Gasteiger partial charge in [0.25, 0.3) is 15.9 Å². The van der Waals surface area contributed by atoms with E-state index in [4.69, 9.17) is 4.74 Å². The van der Waals surface area contributed by atoms with E-state index in [1.54, 1.807) is 48.5 Å². The average Bonchev–Trinajstić information content (AvgIpc) is 2.75. The number of nitrogens with zero attached hydrogens (tertiary/aromatic N) is 1. The average molecular weight is 493 g/mol. The third-order valence-electron chi connectivity index (χ3n) is 4.18. The molecule has 0 saturated heterocycles. The molecule has 0 atom stereocenters. The summed E-state index contributed by atoms with van der Waals surface area (Å²) in [6, 6.07) is 18.6. The molecule has 6 nitrogen and oxygen atoms in total. The van der Waals surface area contributed by atoms with Gasteiger partial charge in [-0.05, 0) is 54.6 Å². The summed E-state index contributed by atoms with van der Waals surface area (Å²) in [6.07, 6.45) is 0. The minimum absolute atomic E-state index is 0.0508. The minimum Gasteiger partial charge on any atom is -0.484 e. The smallest absolute Gasteiger partial charge is 0.264 e. The van der Waals surface area contributed by atoms with Gasteiger partial charge in [0.05, 0.1) is 16.3 Å². The first kappa shape index (κ1) is 21.8. The van der Waals surface area contributed by atoms with Crippen LogP contribution in [-0.4, -0.2) is 28.0 Å². The molecule has 3 aromatic carbocycles. The minimum atomic E-state index is -3.68. The molecule has 0 aliphatic rings. The third-order valence-corrected chi connectivity index (χ3v) is 6.47. The number of amides is 1. The second-order valence-electron chi connectivity index (χ2n) is 6.24. The van der Waals surface area contributed by atoms with Crippen LogP contribution in [0.2, 0.25) is 0 Å². The Bertz CT molecular complexity index is 1140. The van der Waals surface area contributed by atoms with Gasteiger partial charge >= 0.3 is 0 Å². The van der Waals surface area contributed by atoms with Gasteiger partial charge in [-0.1, -0.05) is 34.1 Å². The number of carbonyl (C=O) groups is 1. The molecule has 3 aromatic rings. The van der Waals surface area contributed by atoms with Crippen LogP contribution in [0.3, 0.4) is 0 Å². The number of sulfonamides is 1. The van der Waals surface area contributed by atoms with Crippen LogP contribution in [-0.2, 0) is 14.8 Å².